The summed E-state index contributed by atoms with van der Waals surface area (Å²) in [5.41, 5.74) is 8.40. The SMILES string of the molecule is C[Si](C)(C)C#Cc1c(N)cc(C(F)(F)F)cc1Br. The number of hydrogen-bond acceptors (Lipinski definition) is 1. The van der Waals surface area contributed by atoms with Crippen molar-refractivity contribution < 1.29 is 13.2 Å². The molecule has 1 nitrogen and oxygen atoms in total. The Hall–Kier alpha value is -0.933. The van der Waals surface area contributed by atoms with Gasteiger partial charge in [-0.05, 0) is 28.1 Å². The maximum absolute atomic E-state index is 12.5. The van der Waals surface area contributed by atoms with Gasteiger partial charge in [-0.2, -0.15) is 13.2 Å². The number of alkyl halides is 3. The second-order valence-electron chi connectivity index (χ2n) is 4.92. The molecule has 0 aliphatic heterocycles. The molecule has 0 spiro atoms. The highest BCUT2D eigenvalue weighted by Crippen LogP contribution is 2.34. The van der Waals surface area contributed by atoms with Gasteiger partial charge in [0.25, 0.3) is 0 Å². The second-order valence-corrected chi connectivity index (χ2v) is 10.5. The fourth-order valence-electron chi connectivity index (χ4n) is 1.17. The van der Waals surface area contributed by atoms with Crippen molar-refractivity contribution in [3.63, 3.8) is 0 Å². The lowest BCUT2D eigenvalue weighted by Crippen LogP contribution is -2.16. The maximum atomic E-state index is 12.5. The molecule has 0 heterocycles. The van der Waals surface area contributed by atoms with Crippen molar-refractivity contribution in [3.8, 4) is 11.5 Å². The third-order valence-corrected chi connectivity index (χ3v) is 3.51. The molecule has 18 heavy (non-hydrogen) atoms. The van der Waals surface area contributed by atoms with Crippen LogP contribution < -0.4 is 5.73 Å². The van der Waals surface area contributed by atoms with E-state index in [-0.39, 0.29) is 10.2 Å². The van der Waals surface area contributed by atoms with Crippen molar-refractivity contribution in [2.75, 3.05) is 5.73 Å². The number of hydrogen-bond donors (Lipinski definition) is 1. The summed E-state index contributed by atoms with van der Waals surface area (Å²) in [5, 5.41) is 0. The molecule has 0 fully saturated rings. The lowest BCUT2D eigenvalue weighted by Gasteiger charge is -2.10. The fraction of sp³-hybridized carbons (Fsp3) is 0.333. The number of nitrogen functional groups attached to an aromatic ring is 1. The number of benzene rings is 1. The van der Waals surface area contributed by atoms with Gasteiger partial charge in [0.05, 0.1) is 11.1 Å². The van der Waals surface area contributed by atoms with Gasteiger partial charge in [0.1, 0.15) is 8.07 Å². The average Bonchev–Trinajstić information content (AvgIpc) is 2.12. The van der Waals surface area contributed by atoms with E-state index in [0.29, 0.717) is 5.56 Å². The first-order valence-corrected chi connectivity index (χ1v) is 9.49. The van der Waals surface area contributed by atoms with E-state index in [1.807, 2.05) is 19.6 Å². The summed E-state index contributed by atoms with van der Waals surface area (Å²) in [6.45, 7) is 6.15. The van der Waals surface area contributed by atoms with Crippen molar-refractivity contribution >= 4 is 29.7 Å². The summed E-state index contributed by atoms with van der Waals surface area (Å²) in [5.74, 6) is 2.87. The molecule has 1 rings (SSSR count). The molecular weight excluding hydrogens is 323 g/mol. The molecule has 0 unspecified atom stereocenters. The second kappa shape index (κ2) is 4.98. The third kappa shape index (κ3) is 4.07. The first-order valence-electron chi connectivity index (χ1n) is 5.20. The average molecular weight is 336 g/mol. The van der Waals surface area contributed by atoms with Gasteiger partial charge in [0.2, 0.25) is 0 Å². The van der Waals surface area contributed by atoms with Crippen LogP contribution in [0.2, 0.25) is 19.6 Å². The van der Waals surface area contributed by atoms with Gasteiger partial charge in [0, 0.05) is 10.2 Å². The van der Waals surface area contributed by atoms with E-state index in [9.17, 15) is 13.2 Å². The van der Waals surface area contributed by atoms with E-state index in [4.69, 9.17) is 5.73 Å². The lowest BCUT2D eigenvalue weighted by atomic mass is 10.1. The van der Waals surface area contributed by atoms with Crippen LogP contribution >= 0.6 is 15.9 Å². The van der Waals surface area contributed by atoms with Crippen LogP contribution in [0.15, 0.2) is 16.6 Å². The number of halogens is 4. The molecule has 0 aliphatic carbocycles. The van der Waals surface area contributed by atoms with E-state index < -0.39 is 19.8 Å². The van der Waals surface area contributed by atoms with Crippen molar-refractivity contribution in [2.24, 2.45) is 0 Å². The number of rotatable bonds is 0. The van der Waals surface area contributed by atoms with Gasteiger partial charge in [-0.1, -0.05) is 25.6 Å². The largest absolute Gasteiger partial charge is 0.416 e. The maximum Gasteiger partial charge on any atom is 0.416 e. The van der Waals surface area contributed by atoms with Gasteiger partial charge >= 0.3 is 6.18 Å². The highest BCUT2D eigenvalue weighted by molar-refractivity contribution is 9.10. The van der Waals surface area contributed by atoms with Crippen LogP contribution in [0.3, 0.4) is 0 Å². The summed E-state index contributed by atoms with van der Waals surface area (Å²) in [6, 6.07) is 1.92. The van der Waals surface area contributed by atoms with Crippen LogP contribution in [0.25, 0.3) is 0 Å². The molecule has 0 aliphatic rings. The van der Waals surface area contributed by atoms with Crippen molar-refractivity contribution in [1.82, 2.24) is 0 Å². The van der Waals surface area contributed by atoms with E-state index in [0.717, 1.165) is 12.1 Å². The van der Waals surface area contributed by atoms with Crippen LogP contribution in [-0.2, 0) is 6.18 Å². The number of nitrogens with two attached hydrogens (primary N) is 1. The van der Waals surface area contributed by atoms with Gasteiger partial charge < -0.3 is 5.73 Å². The topological polar surface area (TPSA) is 26.0 Å². The van der Waals surface area contributed by atoms with Crippen LogP contribution in [0, 0.1) is 11.5 Å². The minimum absolute atomic E-state index is 0.0439. The molecule has 0 aromatic heterocycles. The minimum Gasteiger partial charge on any atom is -0.398 e. The van der Waals surface area contributed by atoms with E-state index in [1.165, 1.54) is 0 Å². The molecule has 1 aromatic carbocycles. The van der Waals surface area contributed by atoms with Gasteiger partial charge in [0.15, 0.2) is 0 Å². The molecule has 0 bridgehead atoms. The Labute approximate surface area is 114 Å². The normalized spacial score (nSPS) is 11.9. The van der Waals surface area contributed by atoms with Gasteiger partial charge in [-0.15, -0.1) is 5.54 Å². The Morgan fingerprint density at radius 3 is 2.17 bits per heavy atom. The fourth-order valence-corrected chi connectivity index (χ4v) is 2.25. The van der Waals surface area contributed by atoms with Gasteiger partial charge in [-0.25, -0.2) is 0 Å². The Morgan fingerprint density at radius 2 is 1.78 bits per heavy atom. The molecule has 0 radical (unpaired) electrons. The predicted molar refractivity (Wildman–Crippen MR) is 73.8 cm³/mol. The van der Waals surface area contributed by atoms with E-state index >= 15 is 0 Å². The first-order chi connectivity index (χ1) is 8.00. The molecule has 0 saturated carbocycles. The zero-order valence-electron chi connectivity index (χ0n) is 10.2. The molecular formula is C12H13BrF3NSi. The lowest BCUT2D eigenvalue weighted by molar-refractivity contribution is -0.137. The summed E-state index contributed by atoms with van der Waals surface area (Å²) >= 11 is 3.09. The van der Waals surface area contributed by atoms with Crippen LogP contribution in [0.4, 0.5) is 18.9 Å². The first kappa shape index (κ1) is 15.1. The highest BCUT2D eigenvalue weighted by atomic mass is 79.9. The quantitative estimate of drug-likeness (QED) is 0.427. The Morgan fingerprint density at radius 1 is 1.22 bits per heavy atom. The van der Waals surface area contributed by atoms with Crippen molar-refractivity contribution in [3.05, 3.63) is 27.7 Å². The minimum atomic E-state index is -4.40. The molecule has 0 atom stereocenters. The van der Waals surface area contributed by atoms with E-state index in [2.05, 4.69) is 27.4 Å². The van der Waals surface area contributed by atoms with E-state index in [1.54, 1.807) is 0 Å². The van der Waals surface area contributed by atoms with Crippen molar-refractivity contribution in [2.45, 2.75) is 25.8 Å². The monoisotopic (exact) mass is 335 g/mol. The zero-order chi connectivity index (χ0) is 14.1. The van der Waals surface area contributed by atoms with Gasteiger partial charge in [-0.3, -0.25) is 0 Å². The summed E-state index contributed by atoms with van der Waals surface area (Å²) in [7, 11) is -1.60. The smallest absolute Gasteiger partial charge is 0.398 e. The molecule has 0 amide bonds. The molecule has 2 N–H and O–H groups in total. The molecule has 1 aromatic rings. The standard InChI is InChI=1S/C12H13BrF3NSi/c1-18(2,3)5-4-9-10(13)6-8(7-11(9)17)12(14,15)16/h6-7H,17H2,1-3H3. The Bertz CT molecular complexity index is 498. The van der Waals surface area contributed by atoms with Crippen LogP contribution in [0.1, 0.15) is 11.1 Å². The Kier molecular flexibility index (Phi) is 4.18. The van der Waals surface area contributed by atoms with Crippen LogP contribution in [-0.4, -0.2) is 8.07 Å². The summed E-state index contributed by atoms with van der Waals surface area (Å²) < 4.78 is 37.9. The summed E-state index contributed by atoms with van der Waals surface area (Å²) in [6.07, 6.45) is -4.40. The van der Waals surface area contributed by atoms with Crippen LogP contribution in [0.5, 0.6) is 0 Å². The molecule has 6 heteroatoms. The predicted octanol–water partition coefficient (Wildman–Crippen LogP) is 4.28. The molecule has 98 valence electrons. The number of anilines is 1. The zero-order valence-corrected chi connectivity index (χ0v) is 12.8. The highest BCUT2D eigenvalue weighted by Gasteiger charge is 2.31. The van der Waals surface area contributed by atoms with Crippen molar-refractivity contribution in [1.29, 1.82) is 0 Å². The Balaban J connectivity index is 3.29. The summed E-state index contributed by atoms with van der Waals surface area (Å²) in [4.78, 5) is 0. The third-order valence-electron chi connectivity index (χ3n) is 2.01. The molecule has 0 saturated heterocycles.